The van der Waals surface area contributed by atoms with Gasteiger partial charge in [-0.1, -0.05) is 72.4 Å². The standard InChI is InChI=1S/C22H20N4OS/c1-15(21(27)23-19-13-12-16-8-6-7-11-18(16)14-19)28-22-25-24-20(26(22)2)17-9-4-3-5-10-17/h3-15H,1-2H3,(H,23,27)/t15-/m1/s1. The smallest absolute Gasteiger partial charge is 0.237 e. The molecular formula is C22H20N4OS. The fourth-order valence-corrected chi connectivity index (χ4v) is 3.79. The highest BCUT2D eigenvalue weighted by atomic mass is 32.2. The van der Waals surface area contributed by atoms with E-state index in [0.29, 0.717) is 5.16 Å². The van der Waals surface area contributed by atoms with Gasteiger partial charge in [-0.3, -0.25) is 4.79 Å². The van der Waals surface area contributed by atoms with Crippen molar-refractivity contribution in [2.24, 2.45) is 7.05 Å². The van der Waals surface area contributed by atoms with Crippen molar-refractivity contribution in [1.82, 2.24) is 14.8 Å². The topological polar surface area (TPSA) is 59.8 Å². The van der Waals surface area contributed by atoms with Gasteiger partial charge in [-0.15, -0.1) is 10.2 Å². The first-order valence-electron chi connectivity index (χ1n) is 9.03. The van der Waals surface area contributed by atoms with E-state index in [0.717, 1.165) is 27.8 Å². The number of amides is 1. The van der Waals surface area contributed by atoms with E-state index in [9.17, 15) is 4.79 Å². The van der Waals surface area contributed by atoms with E-state index in [1.807, 2.05) is 85.3 Å². The predicted molar refractivity (Wildman–Crippen MR) is 114 cm³/mol. The van der Waals surface area contributed by atoms with Crippen LogP contribution in [0.1, 0.15) is 6.92 Å². The number of carbonyl (C=O) groups is 1. The van der Waals surface area contributed by atoms with Crippen molar-refractivity contribution in [3.8, 4) is 11.4 Å². The molecule has 0 unspecified atom stereocenters. The summed E-state index contributed by atoms with van der Waals surface area (Å²) < 4.78 is 1.92. The number of hydrogen-bond donors (Lipinski definition) is 1. The number of nitrogens with one attached hydrogen (secondary N) is 1. The Balaban J connectivity index is 1.46. The van der Waals surface area contributed by atoms with Crippen LogP contribution in [0.3, 0.4) is 0 Å². The van der Waals surface area contributed by atoms with E-state index < -0.39 is 0 Å². The molecule has 1 atom stereocenters. The Bertz CT molecular complexity index is 1120. The number of hydrogen-bond acceptors (Lipinski definition) is 4. The van der Waals surface area contributed by atoms with E-state index in [-0.39, 0.29) is 11.2 Å². The molecule has 4 rings (SSSR count). The third kappa shape index (κ3) is 3.77. The van der Waals surface area contributed by atoms with Crippen molar-refractivity contribution in [2.45, 2.75) is 17.3 Å². The molecule has 140 valence electrons. The third-order valence-electron chi connectivity index (χ3n) is 4.54. The van der Waals surface area contributed by atoms with Crippen LogP contribution >= 0.6 is 11.8 Å². The van der Waals surface area contributed by atoms with E-state index in [4.69, 9.17) is 0 Å². The zero-order valence-electron chi connectivity index (χ0n) is 15.7. The molecule has 5 nitrogen and oxygen atoms in total. The van der Waals surface area contributed by atoms with Crippen molar-refractivity contribution in [3.63, 3.8) is 0 Å². The molecular weight excluding hydrogens is 368 g/mol. The Morgan fingerprint density at radius 1 is 0.964 bits per heavy atom. The third-order valence-corrected chi connectivity index (χ3v) is 5.67. The second kappa shape index (κ2) is 7.86. The lowest BCUT2D eigenvalue weighted by Gasteiger charge is -2.12. The maximum Gasteiger partial charge on any atom is 0.237 e. The van der Waals surface area contributed by atoms with E-state index >= 15 is 0 Å². The summed E-state index contributed by atoms with van der Waals surface area (Å²) in [5, 5.41) is 14.2. The molecule has 0 aliphatic carbocycles. The molecule has 3 aromatic carbocycles. The van der Waals surface area contributed by atoms with E-state index in [2.05, 4.69) is 21.6 Å². The summed E-state index contributed by atoms with van der Waals surface area (Å²) >= 11 is 1.39. The summed E-state index contributed by atoms with van der Waals surface area (Å²) in [4.78, 5) is 12.7. The Morgan fingerprint density at radius 3 is 2.46 bits per heavy atom. The van der Waals surface area contributed by atoms with Crippen LogP contribution in [0.25, 0.3) is 22.2 Å². The summed E-state index contributed by atoms with van der Waals surface area (Å²) in [6, 6.07) is 23.9. The Labute approximate surface area is 167 Å². The number of aromatic nitrogens is 3. The Hall–Kier alpha value is -3.12. The van der Waals surface area contributed by atoms with Gasteiger partial charge < -0.3 is 9.88 Å². The lowest BCUT2D eigenvalue weighted by molar-refractivity contribution is -0.115. The van der Waals surface area contributed by atoms with Gasteiger partial charge in [-0.2, -0.15) is 0 Å². The SMILES string of the molecule is C[C@@H](Sc1nnc(-c2ccccc2)n1C)C(=O)Nc1ccc2ccccc2c1. The Kier molecular flexibility index (Phi) is 5.12. The van der Waals surface area contributed by atoms with Crippen LogP contribution in [-0.4, -0.2) is 25.9 Å². The number of nitrogens with zero attached hydrogens (tertiary/aromatic N) is 3. The van der Waals surface area contributed by atoms with Crippen LogP contribution in [0, 0.1) is 0 Å². The first-order valence-corrected chi connectivity index (χ1v) is 9.91. The number of carbonyl (C=O) groups excluding carboxylic acids is 1. The van der Waals surface area contributed by atoms with Gasteiger partial charge in [0.1, 0.15) is 0 Å². The van der Waals surface area contributed by atoms with Crippen molar-refractivity contribution in [2.75, 3.05) is 5.32 Å². The minimum Gasteiger partial charge on any atom is -0.325 e. The molecule has 1 aromatic heterocycles. The summed E-state index contributed by atoms with van der Waals surface area (Å²) in [5.41, 5.74) is 1.79. The molecule has 0 saturated heterocycles. The highest BCUT2D eigenvalue weighted by Gasteiger charge is 2.19. The van der Waals surface area contributed by atoms with Crippen LogP contribution in [0.4, 0.5) is 5.69 Å². The second-order valence-electron chi connectivity index (χ2n) is 6.54. The van der Waals surface area contributed by atoms with Crippen LogP contribution < -0.4 is 5.32 Å². The maximum absolute atomic E-state index is 12.7. The minimum atomic E-state index is -0.307. The highest BCUT2D eigenvalue weighted by Crippen LogP contribution is 2.26. The lowest BCUT2D eigenvalue weighted by atomic mass is 10.1. The number of benzene rings is 3. The maximum atomic E-state index is 12.7. The lowest BCUT2D eigenvalue weighted by Crippen LogP contribution is -2.22. The summed E-state index contributed by atoms with van der Waals surface area (Å²) in [6.07, 6.45) is 0. The van der Waals surface area contributed by atoms with Crippen LogP contribution in [0.15, 0.2) is 78.0 Å². The molecule has 28 heavy (non-hydrogen) atoms. The van der Waals surface area contributed by atoms with E-state index in [1.165, 1.54) is 11.8 Å². The fraction of sp³-hybridized carbons (Fsp3) is 0.136. The molecule has 1 heterocycles. The normalized spacial score (nSPS) is 12.1. The molecule has 0 radical (unpaired) electrons. The largest absolute Gasteiger partial charge is 0.325 e. The van der Waals surface area contributed by atoms with E-state index in [1.54, 1.807) is 0 Å². The minimum absolute atomic E-state index is 0.0652. The Morgan fingerprint density at radius 2 is 1.68 bits per heavy atom. The van der Waals surface area contributed by atoms with Gasteiger partial charge in [0.15, 0.2) is 11.0 Å². The van der Waals surface area contributed by atoms with Gasteiger partial charge in [0.25, 0.3) is 0 Å². The average Bonchev–Trinajstić information content (AvgIpc) is 3.08. The molecule has 4 aromatic rings. The van der Waals surface area contributed by atoms with Crippen LogP contribution in [0.2, 0.25) is 0 Å². The first kappa shape index (κ1) is 18.3. The molecule has 1 N–H and O–H groups in total. The van der Waals surface area contributed by atoms with Gasteiger partial charge in [0, 0.05) is 18.3 Å². The van der Waals surface area contributed by atoms with Gasteiger partial charge in [0.2, 0.25) is 5.91 Å². The molecule has 0 fully saturated rings. The van der Waals surface area contributed by atoms with Crippen molar-refractivity contribution < 1.29 is 4.79 Å². The van der Waals surface area contributed by atoms with Gasteiger partial charge in [-0.05, 0) is 29.8 Å². The molecule has 6 heteroatoms. The zero-order chi connectivity index (χ0) is 19.5. The molecule has 1 amide bonds. The zero-order valence-corrected chi connectivity index (χ0v) is 16.5. The summed E-state index contributed by atoms with van der Waals surface area (Å²) in [5.74, 6) is 0.717. The molecule has 0 bridgehead atoms. The number of thioether (sulfide) groups is 1. The number of fused-ring (bicyclic) bond motifs is 1. The monoisotopic (exact) mass is 388 g/mol. The van der Waals surface area contributed by atoms with Gasteiger partial charge in [0.05, 0.1) is 5.25 Å². The predicted octanol–water partition coefficient (Wildman–Crippen LogP) is 4.75. The molecule has 0 saturated carbocycles. The van der Waals surface area contributed by atoms with Crippen LogP contribution in [0.5, 0.6) is 0 Å². The molecule has 0 aliphatic heterocycles. The van der Waals surface area contributed by atoms with Crippen molar-refractivity contribution in [3.05, 3.63) is 72.8 Å². The fourth-order valence-electron chi connectivity index (χ4n) is 2.98. The number of anilines is 1. The quantitative estimate of drug-likeness (QED) is 0.501. The van der Waals surface area contributed by atoms with Gasteiger partial charge >= 0.3 is 0 Å². The summed E-state index contributed by atoms with van der Waals surface area (Å²) in [7, 11) is 1.92. The molecule has 0 aliphatic rings. The van der Waals surface area contributed by atoms with Crippen molar-refractivity contribution in [1.29, 1.82) is 0 Å². The van der Waals surface area contributed by atoms with Gasteiger partial charge in [-0.25, -0.2) is 0 Å². The molecule has 0 spiro atoms. The first-order chi connectivity index (χ1) is 13.6. The average molecular weight is 388 g/mol. The highest BCUT2D eigenvalue weighted by molar-refractivity contribution is 8.00. The van der Waals surface area contributed by atoms with Crippen LogP contribution in [-0.2, 0) is 11.8 Å². The van der Waals surface area contributed by atoms with Crippen molar-refractivity contribution >= 4 is 34.1 Å². The second-order valence-corrected chi connectivity index (χ2v) is 7.85. The summed E-state index contributed by atoms with van der Waals surface area (Å²) in [6.45, 7) is 1.87. The number of rotatable bonds is 5.